The van der Waals surface area contributed by atoms with Crippen molar-refractivity contribution in [1.82, 2.24) is 9.88 Å². The minimum absolute atomic E-state index is 0.838. The van der Waals surface area contributed by atoms with Gasteiger partial charge in [0.25, 0.3) is 0 Å². The third kappa shape index (κ3) is 2.29. The van der Waals surface area contributed by atoms with Crippen LogP contribution in [0.5, 0.6) is 0 Å². The molecule has 2 bridgehead atoms. The Bertz CT molecular complexity index is 391. The van der Waals surface area contributed by atoms with Crippen LogP contribution in [0.1, 0.15) is 31.9 Å². The van der Waals surface area contributed by atoms with Crippen LogP contribution in [0.3, 0.4) is 0 Å². The maximum atomic E-state index is 4.49. The number of aromatic nitrogens is 1. The fraction of sp³-hybridized carbons (Fsp3) is 0.643. The molecule has 2 unspecified atom stereocenters. The highest BCUT2D eigenvalue weighted by Crippen LogP contribution is 2.37. The first-order valence-electron chi connectivity index (χ1n) is 6.78. The molecule has 92 valence electrons. The van der Waals surface area contributed by atoms with Gasteiger partial charge >= 0.3 is 0 Å². The number of hydrogen-bond donors (Lipinski definition) is 1. The number of likely N-dealkylation sites (tertiary alicyclic amines) is 1. The second-order valence-corrected chi connectivity index (χ2v) is 5.33. The number of anilines is 1. The SMILES string of the molecule is CCNc1ccnc(CN2CC3CCC2C3)c1. The topological polar surface area (TPSA) is 28.2 Å². The van der Waals surface area contributed by atoms with E-state index in [1.165, 1.54) is 37.2 Å². The lowest BCUT2D eigenvalue weighted by Crippen LogP contribution is -2.31. The second kappa shape index (κ2) is 4.65. The maximum Gasteiger partial charge on any atom is 0.0564 e. The fourth-order valence-electron chi connectivity index (χ4n) is 3.31. The van der Waals surface area contributed by atoms with Crippen LogP contribution in [0.4, 0.5) is 5.69 Å². The summed E-state index contributed by atoms with van der Waals surface area (Å²) >= 11 is 0. The van der Waals surface area contributed by atoms with E-state index in [0.29, 0.717) is 0 Å². The fourth-order valence-corrected chi connectivity index (χ4v) is 3.31. The third-order valence-electron chi connectivity index (χ3n) is 4.09. The van der Waals surface area contributed by atoms with Crippen molar-refractivity contribution in [3.05, 3.63) is 24.0 Å². The van der Waals surface area contributed by atoms with E-state index in [1.807, 2.05) is 12.3 Å². The van der Waals surface area contributed by atoms with E-state index in [2.05, 4.69) is 28.2 Å². The molecule has 1 N–H and O–H groups in total. The zero-order valence-corrected chi connectivity index (χ0v) is 10.5. The molecule has 2 fully saturated rings. The Balaban J connectivity index is 1.66. The Labute approximate surface area is 103 Å². The number of pyridine rings is 1. The van der Waals surface area contributed by atoms with Gasteiger partial charge in [0, 0.05) is 37.6 Å². The molecule has 2 atom stereocenters. The molecule has 0 radical (unpaired) electrons. The molecular formula is C14H21N3. The molecule has 0 aromatic carbocycles. The lowest BCUT2D eigenvalue weighted by molar-refractivity contribution is 0.203. The Morgan fingerprint density at radius 3 is 3.12 bits per heavy atom. The van der Waals surface area contributed by atoms with Crippen molar-refractivity contribution < 1.29 is 0 Å². The van der Waals surface area contributed by atoms with E-state index >= 15 is 0 Å². The molecule has 0 amide bonds. The van der Waals surface area contributed by atoms with E-state index in [1.54, 1.807) is 0 Å². The number of fused-ring (bicyclic) bond motifs is 2. The molecule has 1 aromatic rings. The van der Waals surface area contributed by atoms with Crippen molar-refractivity contribution in [1.29, 1.82) is 0 Å². The van der Waals surface area contributed by atoms with Gasteiger partial charge in [-0.15, -0.1) is 0 Å². The summed E-state index contributed by atoms with van der Waals surface area (Å²) in [6, 6.07) is 5.07. The van der Waals surface area contributed by atoms with Gasteiger partial charge in [-0.25, -0.2) is 0 Å². The van der Waals surface area contributed by atoms with Crippen molar-refractivity contribution in [3.63, 3.8) is 0 Å². The second-order valence-electron chi connectivity index (χ2n) is 5.33. The minimum atomic E-state index is 0.838. The van der Waals surface area contributed by atoms with Gasteiger partial charge in [-0.1, -0.05) is 0 Å². The number of nitrogens with zero attached hydrogens (tertiary/aromatic N) is 2. The van der Waals surface area contributed by atoms with Gasteiger partial charge < -0.3 is 5.32 Å². The molecule has 3 rings (SSSR count). The van der Waals surface area contributed by atoms with Gasteiger partial charge in [-0.3, -0.25) is 9.88 Å². The van der Waals surface area contributed by atoms with E-state index in [4.69, 9.17) is 0 Å². The van der Waals surface area contributed by atoms with E-state index in [-0.39, 0.29) is 0 Å². The molecule has 2 aliphatic rings. The molecular weight excluding hydrogens is 210 g/mol. The lowest BCUT2D eigenvalue weighted by Gasteiger charge is -2.26. The van der Waals surface area contributed by atoms with Crippen LogP contribution in [0.15, 0.2) is 18.3 Å². The average molecular weight is 231 g/mol. The third-order valence-corrected chi connectivity index (χ3v) is 4.09. The lowest BCUT2D eigenvalue weighted by atomic mass is 10.1. The van der Waals surface area contributed by atoms with Crippen molar-refractivity contribution in [2.24, 2.45) is 5.92 Å². The van der Waals surface area contributed by atoms with Gasteiger partial charge in [-0.2, -0.15) is 0 Å². The zero-order valence-electron chi connectivity index (χ0n) is 10.5. The number of piperidine rings is 1. The highest BCUT2D eigenvalue weighted by molar-refractivity contribution is 5.42. The molecule has 0 spiro atoms. The summed E-state index contributed by atoms with van der Waals surface area (Å²) in [7, 11) is 0. The number of rotatable bonds is 4. The number of hydrogen-bond acceptors (Lipinski definition) is 3. The van der Waals surface area contributed by atoms with E-state index in [0.717, 1.165) is 25.0 Å². The predicted octanol–water partition coefficient (Wildman–Crippen LogP) is 2.50. The predicted molar refractivity (Wildman–Crippen MR) is 69.9 cm³/mol. The summed E-state index contributed by atoms with van der Waals surface area (Å²) in [5.74, 6) is 0.969. The van der Waals surface area contributed by atoms with Crippen molar-refractivity contribution >= 4 is 5.69 Å². The summed E-state index contributed by atoms with van der Waals surface area (Å²) < 4.78 is 0. The highest BCUT2D eigenvalue weighted by atomic mass is 15.2. The zero-order chi connectivity index (χ0) is 11.7. The highest BCUT2D eigenvalue weighted by Gasteiger charge is 2.37. The van der Waals surface area contributed by atoms with Gasteiger partial charge in [0.05, 0.1) is 5.69 Å². The van der Waals surface area contributed by atoms with Crippen LogP contribution in [-0.2, 0) is 6.54 Å². The molecule has 17 heavy (non-hydrogen) atoms. The van der Waals surface area contributed by atoms with Crippen LogP contribution < -0.4 is 5.32 Å². The molecule has 3 nitrogen and oxygen atoms in total. The number of nitrogens with one attached hydrogen (secondary N) is 1. The first-order valence-corrected chi connectivity index (χ1v) is 6.78. The molecule has 3 heteroatoms. The normalized spacial score (nSPS) is 27.6. The standard InChI is InChI=1S/C14H21N3/c1-2-15-12-5-6-16-13(8-12)10-17-9-11-3-4-14(17)7-11/h5-6,8,11,14H,2-4,7,9-10H2,1H3,(H,15,16). The van der Waals surface area contributed by atoms with Crippen molar-refractivity contribution in [2.75, 3.05) is 18.4 Å². The molecule has 1 aliphatic carbocycles. The summed E-state index contributed by atoms with van der Waals surface area (Å²) in [5, 5.41) is 3.35. The summed E-state index contributed by atoms with van der Waals surface area (Å²) in [4.78, 5) is 7.10. The van der Waals surface area contributed by atoms with Crippen LogP contribution in [0.25, 0.3) is 0 Å². The molecule has 1 saturated carbocycles. The van der Waals surface area contributed by atoms with Crippen LogP contribution in [-0.4, -0.2) is 29.0 Å². The first-order chi connectivity index (χ1) is 8.35. The summed E-state index contributed by atoms with van der Waals surface area (Å²) in [6.45, 7) is 5.41. The molecule has 1 aliphatic heterocycles. The minimum Gasteiger partial charge on any atom is -0.385 e. The molecule has 1 aromatic heterocycles. The van der Waals surface area contributed by atoms with Crippen molar-refractivity contribution in [2.45, 2.75) is 38.8 Å². The maximum absolute atomic E-state index is 4.49. The molecule has 2 heterocycles. The Kier molecular flexibility index (Phi) is 3.02. The van der Waals surface area contributed by atoms with Crippen LogP contribution >= 0.6 is 0 Å². The summed E-state index contributed by atoms with van der Waals surface area (Å²) in [6.07, 6.45) is 6.19. The van der Waals surface area contributed by atoms with Crippen LogP contribution in [0, 0.1) is 5.92 Å². The van der Waals surface area contributed by atoms with Gasteiger partial charge in [0.1, 0.15) is 0 Å². The summed E-state index contributed by atoms with van der Waals surface area (Å²) in [5.41, 5.74) is 2.40. The smallest absolute Gasteiger partial charge is 0.0564 e. The molecule has 1 saturated heterocycles. The van der Waals surface area contributed by atoms with Crippen LogP contribution in [0.2, 0.25) is 0 Å². The van der Waals surface area contributed by atoms with E-state index < -0.39 is 0 Å². The Morgan fingerprint density at radius 1 is 1.47 bits per heavy atom. The van der Waals surface area contributed by atoms with Gasteiger partial charge in [-0.05, 0) is 44.2 Å². The monoisotopic (exact) mass is 231 g/mol. The Morgan fingerprint density at radius 2 is 2.41 bits per heavy atom. The average Bonchev–Trinajstić information content (AvgIpc) is 2.92. The van der Waals surface area contributed by atoms with E-state index in [9.17, 15) is 0 Å². The quantitative estimate of drug-likeness (QED) is 0.863. The van der Waals surface area contributed by atoms with Gasteiger partial charge in [0.15, 0.2) is 0 Å². The largest absolute Gasteiger partial charge is 0.385 e. The van der Waals surface area contributed by atoms with Crippen molar-refractivity contribution in [3.8, 4) is 0 Å². The van der Waals surface area contributed by atoms with Gasteiger partial charge in [0.2, 0.25) is 0 Å². The first kappa shape index (κ1) is 11.0. The Hall–Kier alpha value is -1.09.